The molecule has 152 valence electrons. The van der Waals surface area contributed by atoms with E-state index in [4.69, 9.17) is 9.84 Å². The van der Waals surface area contributed by atoms with Gasteiger partial charge in [-0.25, -0.2) is 9.59 Å². The molecule has 2 aromatic carbocycles. The van der Waals surface area contributed by atoms with Gasteiger partial charge in [-0.05, 0) is 48.7 Å². The third kappa shape index (κ3) is 5.97. The molecule has 0 bridgehead atoms. The second-order valence-electron chi connectivity index (χ2n) is 6.72. The van der Waals surface area contributed by atoms with Crippen LogP contribution in [0.15, 0.2) is 48.5 Å². The molecule has 1 aliphatic heterocycles. The number of amides is 3. The Kier molecular flexibility index (Phi) is 6.67. The van der Waals surface area contributed by atoms with Crippen molar-refractivity contribution in [2.75, 3.05) is 25.0 Å². The monoisotopic (exact) mass is 397 g/mol. The number of hydrogen-bond donors (Lipinski definition) is 3. The van der Waals surface area contributed by atoms with Crippen molar-refractivity contribution in [1.82, 2.24) is 10.2 Å². The first-order valence-electron chi connectivity index (χ1n) is 9.39. The number of rotatable bonds is 7. The van der Waals surface area contributed by atoms with E-state index in [1.54, 1.807) is 23.1 Å². The summed E-state index contributed by atoms with van der Waals surface area (Å²) in [6.45, 7) is 1.36. The zero-order valence-corrected chi connectivity index (χ0v) is 15.9. The van der Waals surface area contributed by atoms with E-state index >= 15 is 0 Å². The van der Waals surface area contributed by atoms with Crippen LogP contribution in [-0.2, 0) is 11.3 Å². The van der Waals surface area contributed by atoms with Crippen LogP contribution in [0.2, 0.25) is 0 Å². The van der Waals surface area contributed by atoms with E-state index in [-0.39, 0.29) is 18.5 Å². The van der Waals surface area contributed by atoms with Crippen molar-refractivity contribution in [3.05, 3.63) is 59.7 Å². The van der Waals surface area contributed by atoms with Gasteiger partial charge in [-0.15, -0.1) is 0 Å². The number of carbonyl (C=O) groups excluding carboxylic acids is 2. The molecule has 0 unspecified atom stereocenters. The van der Waals surface area contributed by atoms with Crippen LogP contribution < -0.4 is 15.4 Å². The smallest absolute Gasteiger partial charge is 0.341 e. The maximum atomic E-state index is 12.4. The molecule has 3 N–H and O–H groups in total. The number of anilines is 1. The summed E-state index contributed by atoms with van der Waals surface area (Å²) in [4.78, 5) is 37.0. The van der Waals surface area contributed by atoms with Gasteiger partial charge in [-0.3, -0.25) is 4.79 Å². The Morgan fingerprint density at radius 2 is 1.79 bits per heavy atom. The number of likely N-dealkylation sites (tertiary alicyclic amines) is 1. The van der Waals surface area contributed by atoms with Crippen molar-refractivity contribution < 1.29 is 24.2 Å². The normalized spacial score (nSPS) is 13.0. The minimum Gasteiger partial charge on any atom is -0.482 e. The first kappa shape index (κ1) is 20.2. The molecule has 8 heteroatoms. The molecular weight excluding hydrogens is 374 g/mol. The van der Waals surface area contributed by atoms with Gasteiger partial charge in [-0.1, -0.05) is 18.2 Å². The second kappa shape index (κ2) is 9.59. The van der Waals surface area contributed by atoms with Crippen LogP contribution in [0.5, 0.6) is 5.75 Å². The van der Waals surface area contributed by atoms with Gasteiger partial charge in [0, 0.05) is 30.9 Å². The molecule has 1 aliphatic rings. The molecule has 0 aliphatic carbocycles. The number of hydrogen-bond acceptors (Lipinski definition) is 4. The van der Waals surface area contributed by atoms with Gasteiger partial charge in [-0.2, -0.15) is 0 Å². The van der Waals surface area contributed by atoms with Gasteiger partial charge in [0.2, 0.25) is 0 Å². The molecule has 3 amide bonds. The highest BCUT2D eigenvalue weighted by atomic mass is 16.5. The first-order valence-corrected chi connectivity index (χ1v) is 9.39. The van der Waals surface area contributed by atoms with Gasteiger partial charge in [0.05, 0.1) is 0 Å². The molecular formula is C21H23N3O5. The first-order chi connectivity index (χ1) is 14.0. The molecule has 0 spiro atoms. The lowest BCUT2D eigenvalue weighted by Gasteiger charge is -2.16. The molecule has 0 saturated carbocycles. The lowest BCUT2D eigenvalue weighted by molar-refractivity contribution is -0.139. The van der Waals surface area contributed by atoms with Crippen LogP contribution in [0.25, 0.3) is 0 Å². The van der Waals surface area contributed by atoms with Crippen LogP contribution in [0, 0.1) is 0 Å². The number of carboxylic acids is 1. The number of ether oxygens (including phenoxy) is 1. The van der Waals surface area contributed by atoms with E-state index in [1.807, 2.05) is 24.3 Å². The van der Waals surface area contributed by atoms with E-state index in [0.29, 0.717) is 17.0 Å². The highest BCUT2D eigenvalue weighted by Gasteiger charge is 2.17. The van der Waals surface area contributed by atoms with E-state index in [2.05, 4.69) is 10.6 Å². The van der Waals surface area contributed by atoms with Crippen LogP contribution >= 0.6 is 0 Å². The van der Waals surface area contributed by atoms with E-state index in [9.17, 15) is 14.4 Å². The lowest BCUT2D eigenvalue weighted by Crippen LogP contribution is -2.32. The molecule has 1 heterocycles. The van der Waals surface area contributed by atoms with Crippen molar-refractivity contribution in [2.24, 2.45) is 0 Å². The van der Waals surface area contributed by atoms with Gasteiger partial charge in [0.1, 0.15) is 5.75 Å². The Balaban J connectivity index is 1.55. The van der Waals surface area contributed by atoms with Gasteiger partial charge in [0.15, 0.2) is 6.61 Å². The maximum absolute atomic E-state index is 12.4. The third-order valence-electron chi connectivity index (χ3n) is 4.48. The number of benzene rings is 2. The predicted molar refractivity (Wildman–Crippen MR) is 107 cm³/mol. The highest BCUT2D eigenvalue weighted by molar-refractivity contribution is 5.94. The number of nitrogens with zero attached hydrogens (tertiary/aromatic N) is 1. The van der Waals surface area contributed by atoms with Crippen LogP contribution in [-0.4, -0.2) is 47.6 Å². The van der Waals surface area contributed by atoms with Gasteiger partial charge < -0.3 is 25.4 Å². The summed E-state index contributed by atoms with van der Waals surface area (Å²) in [5, 5.41) is 14.4. The minimum atomic E-state index is -1.09. The summed E-state index contributed by atoms with van der Waals surface area (Å²) in [7, 11) is 0. The summed E-state index contributed by atoms with van der Waals surface area (Å²) in [5.74, 6) is -1.08. The molecule has 0 radical (unpaired) electrons. The van der Waals surface area contributed by atoms with Crippen molar-refractivity contribution in [2.45, 2.75) is 19.4 Å². The fraction of sp³-hybridized carbons (Fsp3) is 0.286. The van der Waals surface area contributed by atoms with Gasteiger partial charge in [0.25, 0.3) is 5.91 Å². The average Bonchev–Trinajstić information content (AvgIpc) is 3.26. The number of carboxylic acid groups (broad SMARTS) is 1. The fourth-order valence-electron chi connectivity index (χ4n) is 3.04. The molecule has 2 aromatic rings. The van der Waals surface area contributed by atoms with Crippen molar-refractivity contribution in [3.8, 4) is 5.75 Å². The lowest BCUT2D eigenvalue weighted by atomic mass is 10.1. The largest absolute Gasteiger partial charge is 0.482 e. The van der Waals surface area contributed by atoms with Crippen molar-refractivity contribution >= 4 is 23.6 Å². The van der Waals surface area contributed by atoms with E-state index in [1.165, 1.54) is 6.07 Å². The van der Waals surface area contributed by atoms with Crippen LogP contribution in [0.1, 0.15) is 28.8 Å². The maximum Gasteiger partial charge on any atom is 0.341 e. The number of urea groups is 1. The van der Waals surface area contributed by atoms with E-state index < -0.39 is 12.6 Å². The molecule has 1 fully saturated rings. The molecule has 8 nitrogen and oxygen atoms in total. The Bertz CT molecular complexity index is 893. The molecule has 1 saturated heterocycles. The highest BCUT2D eigenvalue weighted by Crippen LogP contribution is 2.15. The Morgan fingerprint density at radius 1 is 1.03 bits per heavy atom. The van der Waals surface area contributed by atoms with Gasteiger partial charge >= 0.3 is 12.0 Å². The SMILES string of the molecule is O=C(O)COc1cccc(C(=O)NCc2cccc(NC(=O)N3CCCC3)c2)c1. The molecule has 29 heavy (non-hydrogen) atoms. The second-order valence-corrected chi connectivity index (χ2v) is 6.72. The standard InChI is InChI=1S/C21H23N3O5/c25-19(26)14-29-18-8-4-6-16(12-18)20(27)22-13-15-5-3-7-17(11-15)23-21(28)24-9-1-2-10-24/h3-8,11-12H,1-2,9-10,13-14H2,(H,22,27)(H,23,28)(H,25,26). The summed E-state index contributed by atoms with van der Waals surface area (Å²) < 4.78 is 5.09. The topological polar surface area (TPSA) is 108 Å². The van der Waals surface area contributed by atoms with Crippen molar-refractivity contribution in [1.29, 1.82) is 0 Å². The quantitative estimate of drug-likeness (QED) is 0.666. The minimum absolute atomic E-state index is 0.109. The number of carbonyl (C=O) groups is 3. The summed E-state index contributed by atoms with van der Waals surface area (Å²) >= 11 is 0. The Hall–Kier alpha value is -3.55. The number of aliphatic carboxylic acids is 1. The summed E-state index contributed by atoms with van der Waals surface area (Å²) in [5.41, 5.74) is 1.89. The molecule has 3 rings (SSSR count). The summed E-state index contributed by atoms with van der Waals surface area (Å²) in [6, 6.07) is 13.5. The molecule has 0 atom stereocenters. The van der Waals surface area contributed by atoms with E-state index in [0.717, 1.165) is 31.5 Å². The zero-order chi connectivity index (χ0) is 20.6. The average molecular weight is 397 g/mol. The Morgan fingerprint density at radius 3 is 2.55 bits per heavy atom. The zero-order valence-electron chi connectivity index (χ0n) is 15.9. The third-order valence-corrected chi connectivity index (χ3v) is 4.48. The number of nitrogens with one attached hydrogen (secondary N) is 2. The van der Waals surface area contributed by atoms with Crippen LogP contribution in [0.3, 0.4) is 0 Å². The predicted octanol–water partition coefficient (Wildman–Crippen LogP) is 2.71. The fourth-order valence-corrected chi connectivity index (χ4v) is 3.04. The Labute approximate surface area is 168 Å². The molecule has 0 aromatic heterocycles. The van der Waals surface area contributed by atoms with Crippen molar-refractivity contribution in [3.63, 3.8) is 0 Å². The summed E-state index contributed by atoms with van der Waals surface area (Å²) in [6.07, 6.45) is 2.06. The van der Waals surface area contributed by atoms with Crippen LogP contribution in [0.4, 0.5) is 10.5 Å².